The van der Waals surface area contributed by atoms with Gasteiger partial charge in [0.05, 0.1) is 0 Å². The molecule has 0 saturated carbocycles. The van der Waals surface area contributed by atoms with Gasteiger partial charge in [0.2, 0.25) is 0 Å². The molecule has 0 amide bonds. The maximum absolute atomic E-state index is 5.90. The molecule has 1 saturated heterocycles. The van der Waals surface area contributed by atoms with E-state index in [2.05, 4.69) is 25.7 Å². The Morgan fingerprint density at radius 3 is 2.62 bits per heavy atom. The molecule has 1 aliphatic heterocycles. The van der Waals surface area contributed by atoms with Crippen LogP contribution in [-0.4, -0.2) is 29.9 Å². The zero-order valence-electron chi connectivity index (χ0n) is 9.09. The quantitative estimate of drug-likeness (QED) is 0.638. The second-order valence-corrected chi connectivity index (χ2v) is 4.95. The third-order valence-electron chi connectivity index (χ3n) is 3.31. The van der Waals surface area contributed by atoms with Crippen molar-refractivity contribution in [1.82, 2.24) is 4.90 Å². The van der Waals surface area contributed by atoms with Gasteiger partial charge in [-0.05, 0) is 38.1 Å². The van der Waals surface area contributed by atoms with E-state index in [9.17, 15) is 0 Å². The number of hydrogen-bond acceptors (Lipinski definition) is 1. The Morgan fingerprint density at radius 1 is 1.38 bits per heavy atom. The molecule has 13 heavy (non-hydrogen) atoms. The highest BCUT2D eigenvalue weighted by Crippen LogP contribution is 2.21. The molecule has 0 N–H and O–H groups in total. The second kappa shape index (κ2) is 5.21. The number of hydrogen-bond donors (Lipinski definition) is 0. The van der Waals surface area contributed by atoms with E-state index in [1.54, 1.807) is 0 Å². The average molecular weight is 204 g/mol. The zero-order chi connectivity index (χ0) is 9.84. The van der Waals surface area contributed by atoms with Crippen LogP contribution in [0.4, 0.5) is 0 Å². The van der Waals surface area contributed by atoms with Crippen molar-refractivity contribution in [2.45, 2.75) is 39.7 Å². The van der Waals surface area contributed by atoms with Gasteiger partial charge in [0.25, 0.3) is 0 Å². The van der Waals surface area contributed by atoms with E-state index in [0.29, 0.717) is 6.04 Å². The van der Waals surface area contributed by atoms with Gasteiger partial charge in [0, 0.05) is 18.5 Å². The van der Waals surface area contributed by atoms with E-state index >= 15 is 0 Å². The number of alkyl halides is 1. The summed E-state index contributed by atoms with van der Waals surface area (Å²) < 4.78 is 0. The van der Waals surface area contributed by atoms with Gasteiger partial charge in [0.1, 0.15) is 0 Å². The third kappa shape index (κ3) is 3.14. The van der Waals surface area contributed by atoms with E-state index in [0.717, 1.165) is 17.7 Å². The van der Waals surface area contributed by atoms with Crippen LogP contribution in [0, 0.1) is 11.8 Å². The summed E-state index contributed by atoms with van der Waals surface area (Å²) in [5.41, 5.74) is 0. The molecular formula is C11H22ClN. The minimum atomic E-state index is 0.714. The smallest absolute Gasteiger partial charge is 0.0263 e. The van der Waals surface area contributed by atoms with Gasteiger partial charge in [-0.2, -0.15) is 0 Å². The Balaban J connectivity index is 2.41. The number of nitrogens with zero attached hydrogens (tertiary/aromatic N) is 1. The van der Waals surface area contributed by atoms with Crippen molar-refractivity contribution < 1.29 is 0 Å². The second-order valence-electron chi connectivity index (χ2n) is 4.64. The molecular weight excluding hydrogens is 182 g/mol. The largest absolute Gasteiger partial charge is 0.300 e. The summed E-state index contributed by atoms with van der Waals surface area (Å²) in [7, 11) is 0. The molecule has 1 fully saturated rings. The number of likely N-dealkylation sites (tertiary alicyclic amines) is 1. The summed E-state index contributed by atoms with van der Waals surface area (Å²) in [5, 5.41) is 0. The highest BCUT2D eigenvalue weighted by molar-refractivity contribution is 6.18. The predicted molar refractivity (Wildman–Crippen MR) is 59.3 cm³/mol. The van der Waals surface area contributed by atoms with Crippen molar-refractivity contribution >= 4 is 11.6 Å². The van der Waals surface area contributed by atoms with E-state index in [-0.39, 0.29) is 0 Å². The van der Waals surface area contributed by atoms with E-state index in [1.807, 2.05) is 0 Å². The van der Waals surface area contributed by atoms with E-state index in [4.69, 9.17) is 11.6 Å². The van der Waals surface area contributed by atoms with Crippen LogP contribution in [-0.2, 0) is 0 Å². The van der Waals surface area contributed by atoms with Crippen molar-refractivity contribution in [1.29, 1.82) is 0 Å². The van der Waals surface area contributed by atoms with Gasteiger partial charge < -0.3 is 4.90 Å². The fourth-order valence-corrected chi connectivity index (χ4v) is 2.27. The minimum absolute atomic E-state index is 0.714. The average Bonchev–Trinajstić information content (AvgIpc) is 2.16. The Morgan fingerprint density at radius 2 is 2.08 bits per heavy atom. The van der Waals surface area contributed by atoms with Crippen LogP contribution in [0.1, 0.15) is 33.6 Å². The number of rotatable bonds is 3. The van der Waals surface area contributed by atoms with Crippen LogP contribution >= 0.6 is 11.6 Å². The van der Waals surface area contributed by atoms with Crippen LogP contribution in [0.5, 0.6) is 0 Å². The van der Waals surface area contributed by atoms with E-state index in [1.165, 1.54) is 25.9 Å². The van der Waals surface area contributed by atoms with E-state index < -0.39 is 0 Å². The Kier molecular flexibility index (Phi) is 4.54. The van der Waals surface area contributed by atoms with Crippen molar-refractivity contribution in [2.75, 3.05) is 19.0 Å². The first kappa shape index (κ1) is 11.3. The van der Waals surface area contributed by atoms with Crippen LogP contribution in [0.25, 0.3) is 0 Å². The Bertz CT molecular complexity index is 147. The predicted octanol–water partition coefficient (Wildman–Crippen LogP) is 2.98. The van der Waals surface area contributed by atoms with Crippen LogP contribution in [0.15, 0.2) is 0 Å². The molecule has 0 spiro atoms. The van der Waals surface area contributed by atoms with Gasteiger partial charge in [-0.15, -0.1) is 11.6 Å². The van der Waals surface area contributed by atoms with Crippen LogP contribution < -0.4 is 0 Å². The number of piperidine rings is 1. The molecule has 1 rings (SSSR count). The molecule has 0 bridgehead atoms. The lowest BCUT2D eigenvalue weighted by molar-refractivity contribution is 0.113. The maximum Gasteiger partial charge on any atom is 0.0263 e. The van der Waals surface area contributed by atoms with Gasteiger partial charge in [-0.1, -0.05) is 13.8 Å². The summed E-state index contributed by atoms with van der Waals surface area (Å²) in [6.07, 6.45) is 2.65. The normalized spacial score (nSPS) is 27.9. The van der Waals surface area contributed by atoms with Crippen LogP contribution in [0.3, 0.4) is 0 Å². The first-order chi connectivity index (χ1) is 6.15. The maximum atomic E-state index is 5.90. The molecule has 2 unspecified atom stereocenters. The number of halogens is 1. The fraction of sp³-hybridized carbons (Fsp3) is 1.00. The fourth-order valence-electron chi connectivity index (χ4n) is 2.01. The van der Waals surface area contributed by atoms with Crippen molar-refractivity contribution in [3.63, 3.8) is 0 Å². The highest BCUT2D eigenvalue weighted by Gasteiger charge is 2.24. The Labute approximate surface area is 87.4 Å². The van der Waals surface area contributed by atoms with Crippen molar-refractivity contribution in [3.8, 4) is 0 Å². The lowest BCUT2D eigenvalue weighted by Crippen LogP contribution is -2.44. The molecule has 1 heterocycles. The molecule has 0 radical (unpaired) electrons. The minimum Gasteiger partial charge on any atom is -0.300 e. The topological polar surface area (TPSA) is 3.24 Å². The van der Waals surface area contributed by atoms with Crippen molar-refractivity contribution in [2.24, 2.45) is 11.8 Å². The third-order valence-corrected chi connectivity index (χ3v) is 3.75. The molecule has 78 valence electrons. The highest BCUT2D eigenvalue weighted by atomic mass is 35.5. The monoisotopic (exact) mass is 203 g/mol. The molecule has 0 aromatic heterocycles. The molecule has 1 nitrogen and oxygen atoms in total. The van der Waals surface area contributed by atoms with Gasteiger partial charge >= 0.3 is 0 Å². The first-order valence-electron chi connectivity index (χ1n) is 5.45. The summed E-state index contributed by atoms with van der Waals surface area (Å²) in [6.45, 7) is 9.42. The molecule has 2 heteroatoms. The first-order valence-corrected chi connectivity index (χ1v) is 5.98. The lowest BCUT2D eigenvalue weighted by atomic mass is 9.95. The standard InChI is InChI=1S/C11H22ClN/c1-9(2)10(3)13-6-4-5-11(7-12)8-13/h9-11H,4-8H2,1-3H3. The zero-order valence-corrected chi connectivity index (χ0v) is 9.85. The summed E-state index contributed by atoms with van der Waals surface area (Å²) >= 11 is 5.90. The summed E-state index contributed by atoms with van der Waals surface area (Å²) in [5.74, 6) is 2.33. The van der Waals surface area contributed by atoms with Gasteiger partial charge in [-0.3, -0.25) is 0 Å². The molecule has 0 aromatic rings. The lowest BCUT2D eigenvalue weighted by Gasteiger charge is -2.38. The molecule has 1 aliphatic rings. The molecule has 0 aliphatic carbocycles. The van der Waals surface area contributed by atoms with Gasteiger partial charge in [0.15, 0.2) is 0 Å². The molecule has 2 atom stereocenters. The van der Waals surface area contributed by atoms with Gasteiger partial charge in [-0.25, -0.2) is 0 Å². The summed E-state index contributed by atoms with van der Waals surface area (Å²) in [6, 6.07) is 0.714. The molecule has 0 aromatic carbocycles. The summed E-state index contributed by atoms with van der Waals surface area (Å²) in [4.78, 5) is 2.60. The SMILES string of the molecule is CC(C)C(C)N1CCCC(CCl)C1. The van der Waals surface area contributed by atoms with Crippen LogP contribution in [0.2, 0.25) is 0 Å². The Hall–Kier alpha value is 0.250. The van der Waals surface area contributed by atoms with Crippen molar-refractivity contribution in [3.05, 3.63) is 0 Å².